The molecule has 1 heterocycles. The van der Waals surface area contributed by atoms with E-state index in [2.05, 4.69) is 5.32 Å². The van der Waals surface area contributed by atoms with Gasteiger partial charge in [-0.1, -0.05) is 29.3 Å². The third kappa shape index (κ3) is 6.04. The minimum Gasteiger partial charge on any atom is -0.493 e. The van der Waals surface area contributed by atoms with Crippen LogP contribution in [-0.4, -0.2) is 44.5 Å². The number of nitrogens with one attached hydrogen (secondary N) is 1. The molecule has 1 atom stereocenters. The third-order valence-electron chi connectivity index (χ3n) is 4.28. The van der Waals surface area contributed by atoms with Crippen molar-refractivity contribution in [3.63, 3.8) is 0 Å². The van der Waals surface area contributed by atoms with Crippen LogP contribution < -0.4 is 19.5 Å². The van der Waals surface area contributed by atoms with E-state index in [0.717, 1.165) is 10.4 Å². The molecule has 2 N–H and O–H groups in total. The molecule has 3 rings (SSSR count). The zero-order valence-electron chi connectivity index (χ0n) is 16.9. The highest BCUT2D eigenvalue weighted by atomic mass is 35.5. The van der Waals surface area contributed by atoms with Crippen molar-refractivity contribution in [1.29, 1.82) is 0 Å². The van der Waals surface area contributed by atoms with Crippen molar-refractivity contribution in [2.24, 2.45) is 0 Å². The second-order valence-electron chi connectivity index (χ2n) is 6.49. The first-order valence-corrected chi connectivity index (χ1v) is 10.8. The lowest BCUT2D eigenvalue weighted by Crippen LogP contribution is -2.35. The van der Waals surface area contributed by atoms with Crippen LogP contribution in [0.15, 0.2) is 48.5 Å². The molecule has 0 bridgehead atoms. The van der Waals surface area contributed by atoms with Crippen LogP contribution in [-0.2, 0) is 0 Å². The second kappa shape index (κ2) is 10.7. The van der Waals surface area contributed by atoms with Crippen LogP contribution in [0.4, 0.5) is 0 Å². The molecule has 0 saturated carbocycles. The number of halogens is 2. The number of amides is 1. The Morgan fingerprint density at radius 2 is 1.71 bits per heavy atom. The molecule has 6 nitrogen and oxygen atoms in total. The van der Waals surface area contributed by atoms with Gasteiger partial charge in [-0.15, -0.1) is 11.3 Å². The molecule has 164 valence electrons. The summed E-state index contributed by atoms with van der Waals surface area (Å²) in [5, 5.41) is 14.0. The Morgan fingerprint density at radius 3 is 2.32 bits per heavy atom. The molecule has 0 aliphatic heterocycles. The van der Waals surface area contributed by atoms with Crippen LogP contribution in [0.5, 0.6) is 17.2 Å². The normalized spacial score (nSPS) is 11.6. The van der Waals surface area contributed by atoms with E-state index in [1.807, 2.05) is 6.07 Å². The maximum absolute atomic E-state index is 12.5. The molecule has 0 aliphatic carbocycles. The summed E-state index contributed by atoms with van der Waals surface area (Å²) >= 11 is 13.4. The van der Waals surface area contributed by atoms with Crippen molar-refractivity contribution in [1.82, 2.24) is 5.32 Å². The largest absolute Gasteiger partial charge is 0.493 e. The number of hydrogen-bond acceptors (Lipinski definition) is 6. The smallest absolute Gasteiger partial charge is 0.261 e. The van der Waals surface area contributed by atoms with Gasteiger partial charge in [0.05, 0.1) is 19.1 Å². The van der Waals surface area contributed by atoms with Gasteiger partial charge < -0.3 is 24.6 Å². The summed E-state index contributed by atoms with van der Waals surface area (Å²) in [6.45, 7) is -0.0275. The molecular weight excluding hydrogens is 461 g/mol. The van der Waals surface area contributed by atoms with E-state index < -0.39 is 6.10 Å². The number of aliphatic hydroxyl groups excluding tert-OH is 1. The monoisotopic (exact) mass is 481 g/mol. The molecule has 0 fully saturated rings. The molecule has 3 aromatic rings. The molecule has 0 aliphatic rings. The van der Waals surface area contributed by atoms with Crippen molar-refractivity contribution in [2.75, 3.05) is 27.4 Å². The van der Waals surface area contributed by atoms with Gasteiger partial charge in [-0.25, -0.2) is 0 Å². The number of carbonyl (C=O) groups excluding carboxylic acids is 1. The minimum absolute atomic E-state index is 0.0204. The van der Waals surface area contributed by atoms with Gasteiger partial charge in [0.15, 0.2) is 11.5 Å². The Balaban J connectivity index is 1.56. The van der Waals surface area contributed by atoms with Crippen LogP contribution in [0.2, 0.25) is 10.0 Å². The van der Waals surface area contributed by atoms with Gasteiger partial charge in [-0.3, -0.25) is 4.79 Å². The number of thiophene rings is 1. The number of benzene rings is 2. The maximum Gasteiger partial charge on any atom is 0.261 e. The number of ether oxygens (including phenoxy) is 3. The van der Waals surface area contributed by atoms with Crippen molar-refractivity contribution in [3.8, 4) is 27.7 Å². The SMILES string of the molecule is COc1cccc(OC)c1OCC(O)CNC(=O)c1ccc(-c2cc(Cl)cc(Cl)c2)s1. The number of hydrogen-bond donors (Lipinski definition) is 2. The number of methoxy groups -OCH3 is 2. The number of carbonyl (C=O) groups is 1. The lowest BCUT2D eigenvalue weighted by molar-refractivity contribution is 0.0836. The topological polar surface area (TPSA) is 77.0 Å². The van der Waals surface area contributed by atoms with E-state index in [-0.39, 0.29) is 19.1 Å². The molecule has 2 aromatic carbocycles. The van der Waals surface area contributed by atoms with E-state index in [0.29, 0.717) is 32.2 Å². The summed E-state index contributed by atoms with van der Waals surface area (Å²) in [7, 11) is 3.04. The molecule has 0 radical (unpaired) electrons. The molecule has 9 heteroatoms. The summed E-state index contributed by atoms with van der Waals surface area (Å²) in [5.74, 6) is 1.07. The van der Waals surface area contributed by atoms with E-state index in [4.69, 9.17) is 37.4 Å². The first kappa shape index (κ1) is 23.2. The molecule has 31 heavy (non-hydrogen) atoms. The number of rotatable bonds is 9. The summed E-state index contributed by atoms with van der Waals surface area (Å²) in [4.78, 5) is 13.8. The lowest BCUT2D eigenvalue weighted by Gasteiger charge is -2.17. The predicted molar refractivity (Wildman–Crippen MR) is 123 cm³/mol. The quantitative estimate of drug-likeness (QED) is 0.453. The molecule has 0 spiro atoms. The van der Waals surface area contributed by atoms with Gasteiger partial charge in [-0.2, -0.15) is 0 Å². The highest BCUT2D eigenvalue weighted by Gasteiger charge is 2.16. The van der Waals surface area contributed by atoms with Gasteiger partial charge >= 0.3 is 0 Å². The molecule has 1 amide bonds. The fourth-order valence-electron chi connectivity index (χ4n) is 2.81. The summed E-state index contributed by atoms with van der Waals surface area (Å²) < 4.78 is 16.2. The van der Waals surface area contributed by atoms with Crippen molar-refractivity contribution >= 4 is 40.4 Å². The standard InChI is InChI=1S/C22H21Cl2NO5S/c1-28-17-4-3-5-18(29-2)21(17)30-12-16(26)11-25-22(27)20-7-6-19(31-20)13-8-14(23)10-15(24)9-13/h3-10,16,26H,11-12H2,1-2H3,(H,25,27). The minimum atomic E-state index is -0.926. The van der Waals surface area contributed by atoms with Crippen molar-refractivity contribution in [3.05, 3.63) is 63.5 Å². The molecule has 1 unspecified atom stereocenters. The Hall–Kier alpha value is -2.45. The van der Waals surface area contributed by atoms with E-state index in [9.17, 15) is 9.90 Å². The number of para-hydroxylation sites is 1. The Bertz CT molecular complexity index is 1010. The Labute approximate surface area is 194 Å². The van der Waals surface area contributed by atoms with Crippen molar-refractivity contribution in [2.45, 2.75) is 6.10 Å². The first-order valence-electron chi connectivity index (χ1n) is 9.27. The molecule has 1 aromatic heterocycles. The highest BCUT2D eigenvalue weighted by molar-refractivity contribution is 7.17. The van der Waals surface area contributed by atoms with Crippen LogP contribution >= 0.6 is 34.5 Å². The zero-order valence-corrected chi connectivity index (χ0v) is 19.2. The van der Waals surface area contributed by atoms with Crippen molar-refractivity contribution < 1.29 is 24.1 Å². The van der Waals surface area contributed by atoms with Gasteiger partial charge in [-0.05, 0) is 48.0 Å². The second-order valence-corrected chi connectivity index (χ2v) is 8.45. The molecule has 0 saturated heterocycles. The number of aliphatic hydroxyl groups is 1. The summed E-state index contributed by atoms with van der Waals surface area (Å²) in [6, 6.07) is 14.0. The first-order chi connectivity index (χ1) is 14.9. The van der Waals surface area contributed by atoms with Crippen LogP contribution in [0, 0.1) is 0 Å². The van der Waals surface area contributed by atoms with E-state index >= 15 is 0 Å². The average molecular weight is 482 g/mol. The predicted octanol–water partition coefficient (Wildman–Crippen LogP) is 4.91. The van der Waals surface area contributed by atoms with Gasteiger partial charge in [0.25, 0.3) is 5.91 Å². The van der Waals surface area contributed by atoms with Crippen LogP contribution in [0.3, 0.4) is 0 Å². The Kier molecular flexibility index (Phi) is 8.03. The van der Waals surface area contributed by atoms with Crippen LogP contribution in [0.1, 0.15) is 9.67 Å². The fourth-order valence-corrected chi connectivity index (χ4v) is 4.24. The van der Waals surface area contributed by atoms with E-state index in [1.54, 1.807) is 42.5 Å². The summed E-state index contributed by atoms with van der Waals surface area (Å²) in [5.41, 5.74) is 0.834. The molecular formula is C22H21Cl2NO5S. The fraction of sp³-hybridized carbons (Fsp3) is 0.227. The van der Waals surface area contributed by atoms with Gasteiger partial charge in [0.1, 0.15) is 12.7 Å². The van der Waals surface area contributed by atoms with Crippen LogP contribution in [0.25, 0.3) is 10.4 Å². The lowest BCUT2D eigenvalue weighted by atomic mass is 10.2. The summed E-state index contributed by atoms with van der Waals surface area (Å²) in [6.07, 6.45) is -0.926. The van der Waals surface area contributed by atoms with Gasteiger partial charge in [0, 0.05) is 21.5 Å². The zero-order chi connectivity index (χ0) is 22.4. The van der Waals surface area contributed by atoms with E-state index in [1.165, 1.54) is 25.6 Å². The third-order valence-corrected chi connectivity index (χ3v) is 5.85. The Morgan fingerprint density at radius 1 is 1.06 bits per heavy atom. The highest BCUT2D eigenvalue weighted by Crippen LogP contribution is 2.37. The average Bonchev–Trinajstić information content (AvgIpc) is 3.25. The maximum atomic E-state index is 12.5. The van der Waals surface area contributed by atoms with Gasteiger partial charge in [0.2, 0.25) is 5.75 Å².